The Balaban J connectivity index is 1.47. The van der Waals surface area contributed by atoms with E-state index < -0.39 is 0 Å². The topological polar surface area (TPSA) is 12.0 Å². The molecule has 3 aliphatic carbocycles. The fraction of sp³-hybridized carbons (Fsp3) is 0.846. The molecule has 3 atom stereocenters. The third-order valence-electron chi connectivity index (χ3n) is 4.44. The van der Waals surface area contributed by atoms with Crippen molar-refractivity contribution < 1.29 is 0 Å². The maximum Gasteiger partial charge on any atom is 0.00671 e. The van der Waals surface area contributed by atoms with E-state index in [1.165, 1.54) is 45.1 Å². The average molecular weight is 191 g/mol. The van der Waals surface area contributed by atoms with Crippen molar-refractivity contribution in [3.63, 3.8) is 0 Å². The lowest BCUT2D eigenvalue weighted by Crippen LogP contribution is -2.32. The molecule has 0 aromatic carbocycles. The molecule has 2 saturated carbocycles. The smallest absolute Gasteiger partial charge is 0.00671 e. The second-order valence-corrected chi connectivity index (χ2v) is 5.43. The number of hydrogen-bond acceptors (Lipinski definition) is 1. The van der Waals surface area contributed by atoms with Gasteiger partial charge in [0.15, 0.2) is 0 Å². The summed E-state index contributed by atoms with van der Waals surface area (Å²) in [5.74, 6) is 2.83. The number of fused-ring (bicyclic) bond motifs is 2. The lowest BCUT2D eigenvalue weighted by atomic mass is 9.93. The molecule has 0 unspecified atom stereocenters. The maximum absolute atomic E-state index is 3.77. The second kappa shape index (κ2) is 3.69. The van der Waals surface area contributed by atoms with Gasteiger partial charge in [0.25, 0.3) is 0 Å². The molecule has 0 heterocycles. The van der Waals surface area contributed by atoms with Gasteiger partial charge < -0.3 is 5.32 Å². The molecule has 1 N–H and O–H groups in total. The normalized spacial score (nSPS) is 41.3. The monoisotopic (exact) mass is 191 g/mol. The largest absolute Gasteiger partial charge is 0.314 e. The van der Waals surface area contributed by atoms with Crippen LogP contribution in [0.1, 0.15) is 38.5 Å². The molecule has 0 radical (unpaired) electrons. The van der Waals surface area contributed by atoms with Gasteiger partial charge >= 0.3 is 0 Å². The van der Waals surface area contributed by atoms with Crippen LogP contribution in [0.2, 0.25) is 0 Å². The minimum Gasteiger partial charge on any atom is -0.314 e. The molecule has 0 aliphatic heterocycles. The van der Waals surface area contributed by atoms with Gasteiger partial charge in [0, 0.05) is 6.04 Å². The van der Waals surface area contributed by atoms with Gasteiger partial charge in [0.2, 0.25) is 0 Å². The zero-order valence-corrected chi connectivity index (χ0v) is 8.91. The van der Waals surface area contributed by atoms with Gasteiger partial charge in [0.1, 0.15) is 0 Å². The molecule has 1 heteroatoms. The van der Waals surface area contributed by atoms with Crippen molar-refractivity contribution in [1.82, 2.24) is 5.32 Å². The Morgan fingerprint density at radius 1 is 1.07 bits per heavy atom. The Morgan fingerprint density at radius 2 is 1.93 bits per heavy atom. The summed E-state index contributed by atoms with van der Waals surface area (Å²) >= 11 is 0. The van der Waals surface area contributed by atoms with Crippen molar-refractivity contribution in [1.29, 1.82) is 0 Å². The number of allylic oxidation sites excluding steroid dienone is 2. The van der Waals surface area contributed by atoms with Crippen LogP contribution < -0.4 is 5.32 Å². The van der Waals surface area contributed by atoms with Gasteiger partial charge in [-0.25, -0.2) is 0 Å². The molecule has 0 aromatic rings. The fourth-order valence-corrected chi connectivity index (χ4v) is 3.58. The molecular formula is C13H21N. The van der Waals surface area contributed by atoms with Crippen molar-refractivity contribution in [2.75, 3.05) is 6.54 Å². The highest BCUT2D eigenvalue weighted by molar-refractivity contribution is 5.10. The lowest BCUT2D eigenvalue weighted by Gasteiger charge is -2.21. The first-order valence-corrected chi connectivity index (χ1v) is 6.33. The average Bonchev–Trinajstić information content (AvgIpc) is 2.91. The minimum atomic E-state index is 0.859. The molecule has 3 aliphatic rings. The van der Waals surface area contributed by atoms with E-state index >= 15 is 0 Å². The summed E-state index contributed by atoms with van der Waals surface area (Å²) in [7, 11) is 0. The van der Waals surface area contributed by atoms with E-state index in [2.05, 4.69) is 17.5 Å². The number of rotatable bonds is 3. The van der Waals surface area contributed by atoms with Crippen molar-refractivity contribution >= 4 is 0 Å². The highest BCUT2D eigenvalue weighted by atomic mass is 14.9. The Labute approximate surface area is 87.0 Å². The lowest BCUT2D eigenvalue weighted by molar-refractivity contribution is 0.383. The van der Waals surface area contributed by atoms with Crippen LogP contribution in [-0.2, 0) is 0 Å². The van der Waals surface area contributed by atoms with Crippen LogP contribution in [0.15, 0.2) is 12.2 Å². The van der Waals surface area contributed by atoms with Crippen LogP contribution in [0.4, 0.5) is 0 Å². The van der Waals surface area contributed by atoms with E-state index in [1.54, 1.807) is 0 Å². The van der Waals surface area contributed by atoms with Gasteiger partial charge in [-0.2, -0.15) is 0 Å². The molecule has 0 saturated heterocycles. The summed E-state index contributed by atoms with van der Waals surface area (Å²) in [4.78, 5) is 0. The zero-order chi connectivity index (χ0) is 9.38. The summed E-state index contributed by atoms with van der Waals surface area (Å²) in [6, 6.07) is 0.859. The Kier molecular flexibility index (Phi) is 2.36. The van der Waals surface area contributed by atoms with Crippen molar-refractivity contribution in [2.24, 2.45) is 17.8 Å². The van der Waals surface area contributed by atoms with Crippen LogP contribution in [-0.4, -0.2) is 12.6 Å². The molecule has 3 rings (SSSR count). The molecular weight excluding hydrogens is 170 g/mol. The summed E-state index contributed by atoms with van der Waals surface area (Å²) in [5.41, 5.74) is 0. The fourth-order valence-electron chi connectivity index (χ4n) is 3.58. The maximum atomic E-state index is 3.77. The van der Waals surface area contributed by atoms with Gasteiger partial charge in [-0.15, -0.1) is 0 Å². The first-order chi connectivity index (χ1) is 6.92. The van der Waals surface area contributed by atoms with Crippen molar-refractivity contribution in [3.05, 3.63) is 12.2 Å². The second-order valence-electron chi connectivity index (χ2n) is 5.43. The first-order valence-electron chi connectivity index (χ1n) is 6.33. The molecule has 78 valence electrons. The van der Waals surface area contributed by atoms with E-state index in [0.29, 0.717) is 0 Å². The summed E-state index contributed by atoms with van der Waals surface area (Å²) < 4.78 is 0. The van der Waals surface area contributed by atoms with E-state index in [0.717, 1.165) is 23.8 Å². The standard InChI is InChI=1S/C13H21N/c1-2-4-13(3-1)14-9-12-8-10-5-6-11(12)7-10/h5-6,10-14H,1-4,7-9H2/t10-,11+,12-/m0/s1. The third-order valence-corrected chi connectivity index (χ3v) is 4.44. The molecule has 1 nitrogen and oxygen atoms in total. The van der Waals surface area contributed by atoms with E-state index in [9.17, 15) is 0 Å². The van der Waals surface area contributed by atoms with Crippen LogP contribution in [0.5, 0.6) is 0 Å². The highest BCUT2D eigenvalue weighted by Crippen LogP contribution is 2.43. The Hall–Kier alpha value is -0.300. The SMILES string of the molecule is C1=C[C@@H]2C[C@H]1C[C@H]2CNC1CCCC1. The van der Waals surface area contributed by atoms with Crippen LogP contribution in [0.3, 0.4) is 0 Å². The minimum absolute atomic E-state index is 0.859. The van der Waals surface area contributed by atoms with Crippen LogP contribution >= 0.6 is 0 Å². The number of nitrogens with one attached hydrogen (secondary N) is 1. The zero-order valence-electron chi connectivity index (χ0n) is 8.91. The predicted molar refractivity (Wildman–Crippen MR) is 59.1 cm³/mol. The summed E-state index contributed by atoms with van der Waals surface area (Å²) in [6.45, 7) is 1.29. The van der Waals surface area contributed by atoms with Gasteiger partial charge in [-0.3, -0.25) is 0 Å². The van der Waals surface area contributed by atoms with E-state index in [-0.39, 0.29) is 0 Å². The van der Waals surface area contributed by atoms with Crippen molar-refractivity contribution in [3.8, 4) is 0 Å². The molecule has 0 spiro atoms. The van der Waals surface area contributed by atoms with Crippen LogP contribution in [0.25, 0.3) is 0 Å². The Morgan fingerprint density at radius 3 is 2.57 bits per heavy atom. The van der Waals surface area contributed by atoms with Gasteiger partial charge in [-0.1, -0.05) is 25.0 Å². The quantitative estimate of drug-likeness (QED) is 0.676. The summed E-state index contributed by atoms with van der Waals surface area (Å²) in [6.07, 6.45) is 13.6. The third kappa shape index (κ3) is 1.63. The highest BCUT2D eigenvalue weighted by Gasteiger charge is 2.35. The molecule has 0 amide bonds. The van der Waals surface area contributed by atoms with E-state index in [4.69, 9.17) is 0 Å². The first kappa shape index (κ1) is 8.96. The van der Waals surface area contributed by atoms with Gasteiger partial charge in [0.05, 0.1) is 0 Å². The summed E-state index contributed by atoms with van der Waals surface area (Å²) in [5, 5.41) is 3.77. The van der Waals surface area contributed by atoms with Crippen LogP contribution in [0, 0.1) is 17.8 Å². The molecule has 2 bridgehead atoms. The van der Waals surface area contributed by atoms with Crippen molar-refractivity contribution in [2.45, 2.75) is 44.6 Å². The predicted octanol–water partition coefficient (Wildman–Crippen LogP) is 2.73. The molecule has 0 aromatic heterocycles. The van der Waals surface area contributed by atoms with Gasteiger partial charge in [-0.05, 0) is 50.0 Å². The van der Waals surface area contributed by atoms with E-state index in [1.807, 2.05) is 0 Å². The molecule has 14 heavy (non-hydrogen) atoms. The Bertz CT molecular complexity index is 227. The number of hydrogen-bond donors (Lipinski definition) is 1. The molecule has 2 fully saturated rings.